The number of likely N-dealkylation sites (tertiary alicyclic amines) is 1. The number of hydrogen-bond acceptors (Lipinski definition) is 1. The van der Waals surface area contributed by atoms with E-state index in [0.717, 1.165) is 23.0 Å². The van der Waals surface area contributed by atoms with Crippen molar-refractivity contribution in [3.05, 3.63) is 34.3 Å². The lowest BCUT2D eigenvalue weighted by atomic mass is 9.91. The van der Waals surface area contributed by atoms with E-state index in [-0.39, 0.29) is 5.91 Å². The van der Waals surface area contributed by atoms with Gasteiger partial charge in [0.05, 0.1) is 5.56 Å². The zero-order valence-corrected chi connectivity index (χ0v) is 11.9. The molecule has 92 valence electrons. The number of nitrogens with zero attached hydrogens (tertiary/aromatic N) is 1. The highest BCUT2D eigenvalue weighted by Crippen LogP contribution is 2.26. The maximum Gasteiger partial charge on any atom is 0.255 e. The summed E-state index contributed by atoms with van der Waals surface area (Å²) in [5.41, 5.74) is 0.772. The number of rotatable bonds is 1. The number of benzene rings is 1. The van der Waals surface area contributed by atoms with E-state index in [1.165, 1.54) is 6.42 Å². The second-order valence-electron chi connectivity index (χ2n) is 4.84. The second kappa shape index (κ2) is 5.21. The van der Waals surface area contributed by atoms with Gasteiger partial charge in [0.15, 0.2) is 0 Å². The summed E-state index contributed by atoms with van der Waals surface area (Å²) in [7, 11) is 0. The highest BCUT2D eigenvalue weighted by atomic mass is 79.9. The van der Waals surface area contributed by atoms with Crippen molar-refractivity contribution in [3.8, 4) is 0 Å². The van der Waals surface area contributed by atoms with Crippen molar-refractivity contribution in [2.75, 3.05) is 6.54 Å². The van der Waals surface area contributed by atoms with Gasteiger partial charge in [0.25, 0.3) is 5.91 Å². The fourth-order valence-corrected chi connectivity index (χ4v) is 2.87. The van der Waals surface area contributed by atoms with E-state index >= 15 is 0 Å². The SMILES string of the molecule is CC1CCCN(C(=O)c2ccccc2Br)C1C. The summed E-state index contributed by atoms with van der Waals surface area (Å²) in [4.78, 5) is 14.5. The summed E-state index contributed by atoms with van der Waals surface area (Å²) in [6.07, 6.45) is 2.34. The van der Waals surface area contributed by atoms with Crippen LogP contribution in [0.15, 0.2) is 28.7 Å². The van der Waals surface area contributed by atoms with Crippen LogP contribution in [0, 0.1) is 5.92 Å². The van der Waals surface area contributed by atoms with Gasteiger partial charge in [0.1, 0.15) is 0 Å². The van der Waals surface area contributed by atoms with Crippen LogP contribution in [0.3, 0.4) is 0 Å². The van der Waals surface area contributed by atoms with Gasteiger partial charge < -0.3 is 4.90 Å². The summed E-state index contributed by atoms with van der Waals surface area (Å²) in [5, 5.41) is 0. The van der Waals surface area contributed by atoms with Gasteiger partial charge in [-0.25, -0.2) is 0 Å². The van der Waals surface area contributed by atoms with Crippen LogP contribution in [0.25, 0.3) is 0 Å². The van der Waals surface area contributed by atoms with Crippen LogP contribution in [0.4, 0.5) is 0 Å². The lowest BCUT2D eigenvalue weighted by Gasteiger charge is -2.38. The number of piperidine rings is 1. The number of halogens is 1. The van der Waals surface area contributed by atoms with Crippen LogP contribution >= 0.6 is 15.9 Å². The van der Waals surface area contributed by atoms with Crippen LogP contribution in [-0.2, 0) is 0 Å². The third-order valence-electron chi connectivity index (χ3n) is 3.74. The summed E-state index contributed by atoms with van der Waals surface area (Å²) in [5.74, 6) is 0.742. The molecule has 1 fully saturated rings. The molecule has 0 aromatic heterocycles. The van der Waals surface area contributed by atoms with E-state index in [2.05, 4.69) is 29.8 Å². The maximum atomic E-state index is 12.5. The average Bonchev–Trinajstić information content (AvgIpc) is 2.32. The van der Waals surface area contributed by atoms with Crippen LogP contribution < -0.4 is 0 Å². The lowest BCUT2D eigenvalue weighted by Crippen LogP contribution is -2.46. The molecule has 1 aliphatic rings. The third-order valence-corrected chi connectivity index (χ3v) is 4.43. The summed E-state index contributed by atoms with van der Waals surface area (Å²) < 4.78 is 0.885. The van der Waals surface area contributed by atoms with Crippen LogP contribution in [0.1, 0.15) is 37.0 Å². The van der Waals surface area contributed by atoms with Gasteiger partial charge in [-0.1, -0.05) is 19.1 Å². The molecule has 0 bridgehead atoms. The predicted molar refractivity (Wildman–Crippen MR) is 73.0 cm³/mol. The van der Waals surface area contributed by atoms with Crippen molar-refractivity contribution < 1.29 is 4.79 Å². The molecule has 1 aromatic carbocycles. The first-order valence-corrected chi connectivity index (χ1v) is 6.96. The third kappa shape index (κ3) is 2.54. The zero-order chi connectivity index (χ0) is 12.4. The second-order valence-corrected chi connectivity index (χ2v) is 5.69. The van der Waals surface area contributed by atoms with E-state index in [4.69, 9.17) is 0 Å². The quantitative estimate of drug-likeness (QED) is 0.773. The van der Waals surface area contributed by atoms with Crippen molar-refractivity contribution in [2.24, 2.45) is 5.92 Å². The molecule has 0 radical (unpaired) electrons. The number of amides is 1. The first-order chi connectivity index (χ1) is 8.11. The average molecular weight is 296 g/mol. The minimum absolute atomic E-state index is 0.150. The molecular formula is C14H18BrNO. The molecule has 2 rings (SSSR count). The molecule has 0 saturated carbocycles. The molecule has 1 saturated heterocycles. The van der Waals surface area contributed by atoms with Gasteiger partial charge in [-0.3, -0.25) is 4.79 Å². The monoisotopic (exact) mass is 295 g/mol. The molecule has 3 heteroatoms. The number of carbonyl (C=O) groups excluding carboxylic acids is 1. The predicted octanol–water partition coefficient (Wildman–Crippen LogP) is 3.71. The van der Waals surface area contributed by atoms with Crippen molar-refractivity contribution in [1.82, 2.24) is 4.90 Å². The minimum Gasteiger partial charge on any atom is -0.336 e. The fraction of sp³-hybridized carbons (Fsp3) is 0.500. The lowest BCUT2D eigenvalue weighted by molar-refractivity contribution is 0.0550. The molecule has 0 N–H and O–H groups in total. The Hall–Kier alpha value is -0.830. The van der Waals surface area contributed by atoms with Gasteiger partial charge in [-0.15, -0.1) is 0 Å². The van der Waals surface area contributed by atoms with E-state index in [1.807, 2.05) is 29.2 Å². The van der Waals surface area contributed by atoms with Crippen molar-refractivity contribution in [3.63, 3.8) is 0 Å². The summed E-state index contributed by atoms with van der Waals surface area (Å²) in [6, 6.07) is 7.99. The molecule has 1 aromatic rings. The van der Waals surface area contributed by atoms with Gasteiger partial charge in [0.2, 0.25) is 0 Å². The van der Waals surface area contributed by atoms with E-state index in [1.54, 1.807) is 0 Å². The number of hydrogen-bond donors (Lipinski definition) is 0. The van der Waals surface area contributed by atoms with Crippen molar-refractivity contribution in [2.45, 2.75) is 32.7 Å². The van der Waals surface area contributed by atoms with Crippen LogP contribution in [-0.4, -0.2) is 23.4 Å². The molecule has 2 nitrogen and oxygen atoms in total. The first kappa shape index (κ1) is 12.6. The topological polar surface area (TPSA) is 20.3 Å². The Kier molecular flexibility index (Phi) is 3.87. The largest absolute Gasteiger partial charge is 0.336 e. The Morgan fingerprint density at radius 2 is 2.06 bits per heavy atom. The molecule has 0 spiro atoms. The van der Waals surface area contributed by atoms with Gasteiger partial charge >= 0.3 is 0 Å². The Morgan fingerprint density at radius 1 is 1.35 bits per heavy atom. The van der Waals surface area contributed by atoms with Gasteiger partial charge in [0, 0.05) is 17.1 Å². The summed E-state index contributed by atoms with van der Waals surface area (Å²) in [6.45, 7) is 5.26. The standard InChI is InChI=1S/C14H18BrNO/c1-10-6-5-9-16(11(10)2)14(17)12-7-3-4-8-13(12)15/h3-4,7-8,10-11H,5-6,9H2,1-2H3. The molecule has 17 heavy (non-hydrogen) atoms. The molecule has 0 aliphatic carbocycles. The van der Waals surface area contributed by atoms with Gasteiger partial charge in [-0.2, -0.15) is 0 Å². The zero-order valence-electron chi connectivity index (χ0n) is 10.3. The first-order valence-electron chi connectivity index (χ1n) is 6.16. The highest BCUT2D eigenvalue weighted by molar-refractivity contribution is 9.10. The Bertz CT molecular complexity index is 418. The number of carbonyl (C=O) groups is 1. The molecule has 1 amide bonds. The van der Waals surface area contributed by atoms with Crippen LogP contribution in [0.2, 0.25) is 0 Å². The fourth-order valence-electron chi connectivity index (χ4n) is 2.41. The Labute approximate surface area is 111 Å². The van der Waals surface area contributed by atoms with E-state index in [0.29, 0.717) is 12.0 Å². The van der Waals surface area contributed by atoms with Crippen LogP contribution in [0.5, 0.6) is 0 Å². The van der Waals surface area contributed by atoms with Crippen molar-refractivity contribution >= 4 is 21.8 Å². The Morgan fingerprint density at radius 3 is 2.76 bits per heavy atom. The highest BCUT2D eigenvalue weighted by Gasteiger charge is 2.29. The summed E-state index contributed by atoms with van der Waals surface area (Å²) >= 11 is 3.45. The van der Waals surface area contributed by atoms with Gasteiger partial charge in [-0.05, 0) is 53.7 Å². The van der Waals surface area contributed by atoms with E-state index in [9.17, 15) is 4.79 Å². The Balaban J connectivity index is 2.23. The maximum absolute atomic E-state index is 12.5. The molecule has 2 unspecified atom stereocenters. The molecule has 1 aliphatic heterocycles. The van der Waals surface area contributed by atoms with E-state index < -0.39 is 0 Å². The molecule has 1 heterocycles. The normalized spacial score (nSPS) is 24.8. The molecular weight excluding hydrogens is 278 g/mol. The van der Waals surface area contributed by atoms with Crippen molar-refractivity contribution in [1.29, 1.82) is 0 Å². The smallest absolute Gasteiger partial charge is 0.255 e. The molecule has 2 atom stereocenters. The minimum atomic E-state index is 0.150.